The van der Waals surface area contributed by atoms with Crippen LogP contribution in [0.3, 0.4) is 0 Å². The molecule has 0 aromatic heterocycles. The molecule has 0 aromatic carbocycles. The van der Waals surface area contributed by atoms with Crippen molar-refractivity contribution in [2.75, 3.05) is 14.2 Å². The van der Waals surface area contributed by atoms with E-state index in [1.807, 2.05) is 0 Å². The Morgan fingerprint density at radius 1 is 1.40 bits per heavy atom. The third-order valence-corrected chi connectivity index (χ3v) is 5.46. The van der Waals surface area contributed by atoms with E-state index in [2.05, 4.69) is 13.0 Å². The monoisotopic (exact) mass is 158 g/mol. The Morgan fingerprint density at radius 3 is 2.20 bits per heavy atom. The summed E-state index contributed by atoms with van der Waals surface area (Å²) in [5.74, 6) is 0. The van der Waals surface area contributed by atoms with Crippen LogP contribution in [-0.4, -0.2) is 22.8 Å². The second-order valence-corrected chi connectivity index (χ2v) is 6.15. The zero-order valence-corrected chi connectivity index (χ0v) is 7.81. The van der Waals surface area contributed by atoms with E-state index in [0.29, 0.717) is 0 Å². The highest BCUT2D eigenvalue weighted by atomic mass is 28.4. The molecule has 1 heterocycles. The van der Waals surface area contributed by atoms with Crippen LogP contribution in [0, 0.1) is 0 Å². The van der Waals surface area contributed by atoms with Crippen LogP contribution in [0.2, 0.25) is 12.1 Å². The maximum Gasteiger partial charge on any atom is 0.345 e. The Balaban J connectivity index is 2.57. The van der Waals surface area contributed by atoms with E-state index in [1.165, 1.54) is 5.57 Å². The van der Waals surface area contributed by atoms with Crippen molar-refractivity contribution in [3.05, 3.63) is 11.6 Å². The van der Waals surface area contributed by atoms with E-state index in [1.54, 1.807) is 14.2 Å². The van der Waals surface area contributed by atoms with Gasteiger partial charge in [0.25, 0.3) is 0 Å². The molecule has 1 aliphatic rings. The van der Waals surface area contributed by atoms with E-state index in [9.17, 15) is 0 Å². The Kier molecular flexibility index (Phi) is 2.28. The molecule has 10 heavy (non-hydrogen) atoms. The molecule has 0 atom stereocenters. The molecule has 0 amide bonds. The van der Waals surface area contributed by atoms with Crippen LogP contribution in [0.1, 0.15) is 6.92 Å². The SMILES string of the molecule is CO[Si]1(OC)CC=C(C)C1. The Bertz CT molecular complexity index is 150. The molecule has 3 heteroatoms. The summed E-state index contributed by atoms with van der Waals surface area (Å²) in [6.07, 6.45) is 2.22. The van der Waals surface area contributed by atoms with Crippen LogP contribution in [-0.2, 0) is 8.85 Å². The summed E-state index contributed by atoms with van der Waals surface area (Å²) in [7, 11) is 1.77. The van der Waals surface area contributed by atoms with Gasteiger partial charge in [0.1, 0.15) is 0 Å². The molecule has 0 aliphatic carbocycles. The summed E-state index contributed by atoms with van der Waals surface area (Å²) < 4.78 is 10.8. The van der Waals surface area contributed by atoms with E-state index in [4.69, 9.17) is 8.85 Å². The van der Waals surface area contributed by atoms with Gasteiger partial charge in [0, 0.05) is 26.3 Å². The quantitative estimate of drug-likeness (QED) is 0.449. The van der Waals surface area contributed by atoms with Gasteiger partial charge in [-0.1, -0.05) is 11.6 Å². The van der Waals surface area contributed by atoms with Crippen LogP contribution in [0.4, 0.5) is 0 Å². The summed E-state index contributed by atoms with van der Waals surface area (Å²) >= 11 is 0. The molecule has 1 aliphatic heterocycles. The minimum atomic E-state index is -1.74. The molecule has 0 radical (unpaired) electrons. The molecule has 2 nitrogen and oxygen atoms in total. The van der Waals surface area contributed by atoms with Crippen LogP contribution in [0.15, 0.2) is 11.6 Å². The molecule has 0 unspecified atom stereocenters. The summed E-state index contributed by atoms with van der Waals surface area (Å²) in [5.41, 5.74) is 1.41. The largest absolute Gasteiger partial charge is 0.397 e. The Morgan fingerprint density at radius 2 is 2.00 bits per heavy atom. The van der Waals surface area contributed by atoms with Crippen molar-refractivity contribution in [1.82, 2.24) is 0 Å². The van der Waals surface area contributed by atoms with Gasteiger partial charge in [-0.3, -0.25) is 0 Å². The summed E-state index contributed by atoms with van der Waals surface area (Å²) in [5, 5.41) is 0. The molecule has 1 rings (SSSR count). The first-order valence-electron chi connectivity index (χ1n) is 3.48. The molecular formula is C7H14O2Si. The van der Waals surface area contributed by atoms with Gasteiger partial charge in [0.05, 0.1) is 0 Å². The second-order valence-electron chi connectivity index (χ2n) is 2.75. The molecule has 0 aromatic rings. The van der Waals surface area contributed by atoms with Crippen molar-refractivity contribution in [2.45, 2.75) is 19.0 Å². The highest BCUT2D eigenvalue weighted by molar-refractivity contribution is 6.69. The lowest BCUT2D eigenvalue weighted by Gasteiger charge is -2.21. The smallest absolute Gasteiger partial charge is 0.345 e. The average molecular weight is 158 g/mol. The number of allylic oxidation sites excluding steroid dienone is 2. The average Bonchev–Trinajstić information content (AvgIpc) is 2.33. The lowest BCUT2D eigenvalue weighted by molar-refractivity contribution is 0.250. The normalized spacial score (nSPS) is 22.9. The van der Waals surface area contributed by atoms with Crippen molar-refractivity contribution < 1.29 is 8.85 Å². The fourth-order valence-corrected chi connectivity index (χ4v) is 3.88. The van der Waals surface area contributed by atoms with Gasteiger partial charge in [0.2, 0.25) is 0 Å². The van der Waals surface area contributed by atoms with E-state index in [0.717, 1.165) is 12.1 Å². The predicted octanol–water partition coefficient (Wildman–Crippen LogP) is 1.68. The first-order chi connectivity index (χ1) is 4.72. The highest BCUT2D eigenvalue weighted by Gasteiger charge is 2.38. The van der Waals surface area contributed by atoms with Crippen molar-refractivity contribution >= 4 is 8.56 Å². The van der Waals surface area contributed by atoms with Crippen molar-refractivity contribution in [1.29, 1.82) is 0 Å². The number of rotatable bonds is 2. The first kappa shape index (κ1) is 7.98. The third kappa shape index (κ3) is 1.31. The lowest BCUT2D eigenvalue weighted by Crippen LogP contribution is -2.36. The van der Waals surface area contributed by atoms with E-state index < -0.39 is 8.56 Å². The second kappa shape index (κ2) is 2.86. The molecule has 0 fully saturated rings. The Hall–Kier alpha value is -0.123. The fraction of sp³-hybridized carbons (Fsp3) is 0.714. The molecule has 0 N–H and O–H groups in total. The lowest BCUT2D eigenvalue weighted by atomic mass is 10.3. The van der Waals surface area contributed by atoms with E-state index in [-0.39, 0.29) is 0 Å². The highest BCUT2D eigenvalue weighted by Crippen LogP contribution is 2.29. The Labute approximate surface area is 63.1 Å². The van der Waals surface area contributed by atoms with Crippen molar-refractivity contribution in [2.24, 2.45) is 0 Å². The van der Waals surface area contributed by atoms with Gasteiger partial charge in [-0.15, -0.1) is 0 Å². The minimum absolute atomic E-state index is 1.02. The molecule has 0 spiro atoms. The summed E-state index contributed by atoms with van der Waals surface area (Å²) in [6, 6.07) is 2.06. The first-order valence-corrected chi connectivity index (χ1v) is 5.71. The summed E-state index contributed by atoms with van der Waals surface area (Å²) in [4.78, 5) is 0. The third-order valence-electron chi connectivity index (χ3n) is 2.05. The summed E-state index contributed by atoms with van der Waals surface area (Å²) in [6.45, 7) is 2.13. The topological polar surface area (TPSA) is 18.5 Å². The molecule has 0 bridgehead atoms. The van der Waals surface area contributed by atoms with Crippen LogP contribution in [0.25, 0.3) is 0 Å². The predicted molar refractivity (Wildman–Crippen MR) is 43.1 cm³/mol. The standard InChI is InChI=1S/C7H14O2Si/c1-7-4-5-10(6-7,8-2)9-3/h4H,5-6H2,1-3H3. The van der Waals surface area contributed by atoms with Crippen LogP contribution >= 0.6 is 0 Å². The zero-order chi connectivity index (χ0) is 7.61. The molecule has 0 saturated heterocycles. The van der Waals surface area contributed by atoms with Crippen molar-refractivity contribution in [3.8, 4) is 0 Å². The number of hydrogen-bond acceptors (Lipinski definition) is 2. The molecule has 58 valence electrons. The van der Waals surface area contributed by atoms with Crippen LogP contribution < -0.4 is 0 Å². The maximum atomic E-state index is 5.38. The van der Waals surface area contributed by atoms with Gasteiger partial charge < -0.3 is 8.85 Å². The zero-order valence-electron chi connectivity index (χ0n) is 6.81. The van der Waals surface area contributed by atoms with E-state index >= 15 is 0 Å². The minimum Gasteiger partial charge on any atom is -0.397 e. The van der Waals surface area contributed by atoms with Gasteiger partial charge in [0.15, 0.2) is 0 Å². The van der Waals surface area contributed by atoms with Crippen LogP contribution in [0.5, 0.6) is 0 Å². The van der Waals surface area contributed by atoms with Gasteiger partial charge in [-0.05, 0) is 6.92 Å². The van der Waals surface area contributed by atoms with Crippen molar-refractivity contribution in [3.63, 3.8) is 0 Å². The molecule has 0 saturated carbocycles. The van der Waals surface area contributed by atoms with Gasteiger partial charge >= 0.3 is 8.56 Å². The number of hydrogen-bond donors (Lipinski definition) is 0. The molecular weight excluding hydrogens is 144 g/mol. The van der Waals surface area contributed by atoms with Gasteiger partial charge in [-0.2, -0.15) is 0 Å². The maximum absolute atomic E-state index is 5.38. The van der Waals surface area contributed by atoms with Gasteiger partial charge in [-0.25, -0.2) is 0 Å². The fourth-order valence-electron chi connectivity index (χ4n) is 1.29.